The van der Waals surface area contributed by atoms with E-state index in [1.54, 1.807) is 17.0 Å². The molecular formula is C30H26ClF4NOS. The number of alkyl halides is 3. The lowest BCUT2D eigenvalue weighted by atomic mass is 9.86. The van der Waals surface area contributed by atoms with Crippen molar-refractivity contribution in [3.05, 3.63) is 93.6 Å². The number of hydrogen-bond donors (Lipinski definition) is 0. The van der Waals surface area contributed by atoms with Crippen molar-refractivity contribution in [1.82, 2.24) is 4.90 Å². The van der Waals surface area contributed by atoms with Crippen LogP contribution >= 0.6 is 22.9 Å². The van der Waals surface area contributed by atoms with Gasteiger partial charge in [-0.15, -0.1) is 11.3 Å². The van der Waals surface area contributed by atoms with Crippen LogP contribution in [0.25, 0.3) is 21.2 Å². The van der Waals surface area contributed by atoms with Gasteiger partial charge in [0.15, 0.2) is 0 Å². The summed E-state index contributed by atoms with van der Waals surface area (Å²) in [7, 11) is 0. The molecule has 2 nitrogen and oxygen atoms in total. The minimum Gasteiger partial charge on any atom is -0.330 e. The van der Waals surface area contributed by atoms with Crippen LogP contribution in [0.4, 0.5) is 17.6 Å². The van der Waals surface area contributed by atoms with E-state index in [0.717, 1.165) is 47.9 Å². The van der Waals surface area contributed by atoms with Gasteiger partial charge in [0.2, 0.25) is 0 Å². The second-order valence-electron chi connectivity index (χ2n) is 9.97. The van der Waals surface area contributed by atoms with Gasteiger partial charge in [-0.25, -0.2) is 4.39 Å². The molecule has 0 bridgehead atoms. The van der Waals surface area contributed by atoms with Crippen molar-refractivity contribution in [1.29, 1.82) is 0 Å². The Morgan fingerprint density at radius 3 is 2.29 bits per heavy atom. The molecule has 1 aliphatic carbocycles. The normalized spacial score (nSPS) is 18.1. The second kappa shape index (κ2) is 10.7. The fraction of sp³-hybridized carbons (Fsp3) is 0.300. The summed E-state index contributed by atoms with van der Waals surface area (Å²) in [5.41, 5.74) is 0.689. The van der Waals surface area contributed by atoms with Crippen molar-refractivity contribution in [3.63, 3.8) is 0 Å². The number of thiophene rings is 1. The highest BCUT2D eigenvalue weighted by Gasteiger charge is 2.32. The van der Waals surface area contributed by atoms with Crippen molar-refractivity contribution in [2.75, 3.05) is 0 Å². The Labute approximate surface area is 227 Å². The Morgan fingerprint density at radius 1 is 0.974 bits per heavy atom. The van der Waals surface area contributed by atoms with E-state index >= 15 is 4.39 Å². The molecule has 38 heavy (non-hydrogen) atoms. The Kier molecular flexibility index (Phi) is 7.51. The smallest absolute Gasteiger partial charge is 0.330 e. The van der Waals surface area contributed by atoms with Gasteiger partial charge in [0.1, 0.15) is 10.7 Å². The Hall–Kier alpha value is -2.90. The number of fused-ring (bicyclic) bond motifs is 1. The van der Waals surface area contributed by atoms with E-state index in [2.05, 4.69) is 6.92 Å². The van der Waals surface area contributed by atoms with E-state index < -0.39 is 17.6 Å². The molecule has 5 rings (SSSR count). The van der Waals surface area contributed by atoms with Gasteiger partial charge in [0.25, 0.3) is 5.91 Å². The third kappa shape index (κ3) is 5.45. The number of rotatable bonds is 5. The van der Waals surface area contributed by atoms with Crippen molar-refractivity contribution in [3.8, 4) is 11.1 Å². The van der Waals surface area contributed by atoms with Crippen LogP contribution in [-0.2, 0) is 12.7 Å². The number of amides is 1. The third-order valence-corrected chi connectivity index (χ3v) is 9.01. The zero-order valence-electron chi connectivity index (χ0n) is 20.7. The number of nitrogens with zero attached hydrogens (tertiary/aromatic N) is 1. The summed E-state index contributed by atoms with van der Waals surface area (Å²) in [6, 6.07) is 16.8. The highest BCUT2D eigenvalue weighted by molar-refractivity contribution is 7.21. The first-order valence-electron chi connectivity index (χ1n) is 12.6. The number of carbonyl (C=O) groups excluding carboxylic acids is 1. The van der Waals surface area contributed by atoms with E-state index in [-0.39, 0.29) is 18.5 Å². The van der Waals surface area contributed by atoms with Gasteiger partial charge in [0, 0.05) is 28.2 Å². The predicted molar refractivity (Wildman–Crippen MR) is 145 cm³/mol. The van der Waals surface area contributed by atoms with Crippen LogP contribution in [0.1, 0.15) is 53.4 Å². The number of benzene rings is 3. The molecule has 0 N–H and O–H groups in total. The summed E-state index contributed by atoms with van der Waals surface area (Å²) in [5.74, 6) is -0.129. The SMILES string of the molecule is CC1CCC(N(Cc2cc(-c3ccc(C(F)(F)F)cc3)ccc2F)C(=O)c2sc3ccccc3c2Cl)CC1. The molecule has 1 aromatic heterocycles. The average molecular weight is 560 g/mol. The van der Waals surface area contributed by atoms with E-state index in [1.807, 2.05) is 24.3 Å². The summed E-state index contributed by atoms with van der Waals surface area (Å²) in [5, 5.41) is 1.22. The molecule has 0 radical (unpaired) electrons. The zero-order chi connectivity index (χ0) is 27.0. The average Bonchev–Trinajstić information content (AvgIpc) is 3.24. The number of hydrogen-bond acceptors (Lipinski definition) is 2. The molecule has 0 unspecified atom stereocenters. The standard InChI is InChI=1S/C30H26ClF4NOS/c1-18-6-13-23(14-7-18)36(29(37)28-27(31)24-4-2-3-5-26(24)38-28)17-21-16-20(10-15-25(21)32)19-8-11-22(12-9-19)30(33,34)35/h2-5,8-12,15-16,18,23H,6-7,13-14,17H2,1H3. The largest absolute Gasteiger partial charge is 0.416 e. The zero-order valence-corrected chi connectivity index (χ0v) is 22.3. The summed E-state index contributed by atoms with van der Waals surface area (Å²) in [6.07, 6.45) is -0.852. The first kappa shape index (κ1) is 26.7. The molecule has 4 aromatic rings. The molecule has 0 aliphatic heterocycles. The van der Waals surface area contributed by atoms with Gasteiger partial charge in [-0.1, -0.05) is 54.9 Å². The second-order valence-corrected chi connectivity index (χ2v) is 11.4. The molecule has 0 spiro atoms. The topological polar surface area (TPSA) is 20.3 Å². The van der Waals surface area contributed by atoms with Gasteiger partial charge in [0.05, 0.1) is 10.6 Å². The quantitative estimate of drug-likeness (QED) is 0.223. The van der Waals surface area contributed by atoms with Crippen LogP contribution in [0.3, 0.4) is 0 Å². The highest BCUT2D eigenvalue weighted by atomic mass is 35.5. The summed E-state index contributed by atoms with van der Waals surface area (Å²) >= 11 is 7.99. The fourth-order valence-corrected chi connectivity index (χ4v) is 6.58. The lowest BCUT2D eigenvalue weighted by Crippen LogP contribution is -2.41. The maximum atomic E-state index is 15.1. The van der Waals surface area contributed by atoms with Crippen LogP contribution in [-0.4, -0.2) is 16.8 Å². The molecular weight excluding hydrogens is 534 g/mol. The van der Waals surface area contributed by atoms with Crippen molar-refractivity contribution >= 4 is 38.9 Å². The Bertz CT molecular complexity index is 1460. The van der Waals surface area contributed by atoms with Crippen LogP contribution in [0, 0.1) is 11.7 Å². The van der Waals surface area contributed by atoms with Crippen molar-refractivity contribution in [2.45, 2.75) is 51.4 Å². The monoisotopic (exact) mass is 559 g/mol. The van der Waals surface area contributed by atoms with Gasteiger partial charge >= 0.3 is 6.18 Å². The molecule has 1 heterocycles. The van der Waals surface area contributed by atoms with Crippen LogP contribution < -0.4 is 0 Å². The summed E-state index contributed by atoms with van der Waals surface area (Å²) in [4.78, 5) is 16.1. The molecule has 1 saturated carbocycles. The molecule has 1 amide bonds. The maximum Gasteiger partial charge on any atom is 0.416 e. The molecule has 1 fully saturated rings. The van der Waals surface area contributed by atoms with E-state index in [4.69, 9.17) is 11.6 Å². The third-order valence-electron chi connectivity index (χ3n) is 7.35. The maximum absolute atomic E-state index is 15.1. The molecule has 1 aliphatic rings. The minimum atomic E-state index is -4.43. The van der Waals surface area contributed by atoms with E-state index in [0.29, 0.717) is 32.5 Å². The van der Waals surface area contributed by atoms with Gasteiger partial charge in [-0.3, -0.25) is 4.79 Å². The lowest BCUT2D eigenvalue weighted by Gasteiger charge is -2.36. The number of halogens is 5. The van der Waals surface area contributed by atoms with Gasteiger partial charge in [-0.05, 0) is 73.1 Å². The van der Waals surface area contributed by atoms with Gasteiger partial charge in [-0.2, -0.15) is 13.2 Å². The first-order valence-corrected chi connectivity index (χ1v) is 13.8. The molecule has 8 heteroatoms. The summed E-state index contributed by atoms with van der Waals surface area (Å²) < 4.78 is 55.0. The van der Waals surface area contributed by atoms with Crippen LogP contribution in [0.5, 0.6) is 0 Å². The summed E-state index contributed by atoms with van der Waals surface area (Å²) in [6.45, 7) is 2.24. The van der Waals surface area contributed by atoms with Gasteiger partial charge < -0.3 is 4.90 Å². The van der Waals surface area contributed by atoms with E-state index in [9.17, 15) is 18.0 Å². The predicted octanol–water partition coefficient (Wildman–Crippen LogP) is 9.60. The molecule has 0 saturated heterocycles. The molecule has 3 aromatic carbocycles. The Morgan fingerprint density at radius 2 is 1.63 bits per heavy atom. The highest BCUT2D eigenvalue weighted by Crippen LogP contribution is 2.38. The lowest BCUT2D eigenvalue weighted by molar-refractivity contribution is -0.137. The number of carbonyl (C=O) groups is 1. The molecule has 0 atom stereocenters. The Balaban J connectivity index is 1.49. The van der Waals surface area contributed by atoms with E-state index in [1.165, 1.54) is 29.5 Å². The molecule has 198 valence electrons. The van der Waals surface area contributed by atoms with Crippen molar-refractivity contribution in [2.24, 2.45) is 5.92 Å². The van der Waals surface area contributed by atoms with Crippen LogP contribution in [0.15, 0.2) is 66.7 Å². The minimum absolute atomic E-state index is 0.0444. The first-order chi connectivity index (χ1) is 18.1. The van der Waals surface area contributed by atoms with Crippen molar-refractivity contribution < 1.29 is 22.4 Å². The van der Waals surface area contributed by atoms with Crippen LogP contribution in [0.2, 0.25) is 5.02 Å². The fourth-order valence-electron chi connectivity index (χ4n) is 5.11.